The lowest BCUT2D eigenvalue weighted by Crippen LogP contribution is -2.45. The highest BCUT2D eigenvalue weighted by molar-refractivity contribution is 5.75. The van der Waals surface area contributed by atoms with Gasteiger partial charge in [0.1, 0.15) is 0 Å². The molecule has 1 heterocycles. The standard InChI is InChI=1S/C20H25N3O2/c1-15(16-9-11-21-12-10-16)22-20(25)23(13-14-24)19-8-4-6-17-5-2-3-7-18(17)19/h2-3,5,7,9-12,15,19,24H,4,6,8,13-14H2,1H3,(H,22,25)/t15-,19-/m0/s1. The summed E-state index contributed by atoms with van der Waals surface area (Å²) in [7, 11) is 0. The molecule has 1 aromatic heterocycles. The van der Waals surface area contributed by atoms with Crippen LogP contribution in [0.1, 0.15) is 48.5 Å². The van der Waals surface area contributed by atoms with Gasteiger partial charge in [0.25, 0.3) is 0 Å². The smallest absolute Gasteiger partial charge is 0.318 e. The third kappa shape index (κ3) is 3.99. The van der Waals surface area contributed by atoms with Crippen LogP contribution < -0.4 is 5.32 Å². The number of carbonyl (C=O) groups is 1. The Hall–Kier alpha value is -2.40. The van der Waals surface area contributed by atoms with E-state index in [1.807, 2.05) is 31.2 Å². The molecule has 1 aromatic carbocycles. The summed E-state index contributed by atoms with van der Waals surface area (Å²) in [5, 5.41) is 12.5. The van der Waals surface area contributed by atoms with Crippen molar-refractivity contribution in [3.8, 4) is 0 Å². The monoisotopic (exact) mass is 339 g/mol. The molecule has 1 aliphatic carbocycles. The zero-order valence-electron chi connectivity index (χ0n) is 14.6. The highest BCUT2D eigenvalue weighted by Crippen LogP contribution is 2.34. The number of nitrogens with one attached hydrogen (secondary N) is 1. The van der Waals surface area contributed by atoms with Crippen molar-refractivity contribution in [1.82, 2.24) is 15.2 Å². The van der Waals surface area contributed by atoms with Crippen molar-refractivity contribution in [2.75, 3.05) is 13.2 Å². The largest absolute Gasteiger partial charge is 0.395 e. The fraction of sp³-hybridized carbons (Fsp3) is 0.400. The number of aliphatic hydroxyl groups excluding tert-OH is 1. The van der Waals surface area contributed by atoms with Gasteiger partial charge in [0.15, 0.2) is 0 Å². The molecule has 0 aliphatic heterocycles. The molecule has 5 heteroatoms. The van der Waals surface area contributed by atoms with E-state index in [9.17, 15) is 9.90 Å². The van der Waals surface area contributed by atoms with E-state index in [-0.39, 0.29) is 24.7 Å². The van der Waals surface area contributed by atoms with E-state index in [2.05, 4.69) is 22.4 Å². The highest BCUT2D eigenvalue weighted by Gasteiger charge is 2.29. The summed E-state index contributed by atoms with van der Waals surface area (Å²) in [4.78, 5) is 18.7. The molecule has 5 nitrogen and oxygen atoms in total. The van der Waals surface area contributed by atoms with Crippen molar-refractivity contribution in [3.05, 3.63) is 65.5 Å². The van der Waals surface area contributed by atoms with Gasteiger partial charge in [-0.15, -0.1) is 0 Å². The van der Waals surface area contributed by atoms with E-state index in [0.717, 1.165) is 24.8 Å². The van der Waals surface area contributed by atoms with Crippen LogP contribution in [0.3, 0.4) is 0 Å². The predicted octanol–water partition coefficient (Wildman–Crippen LogP) is 3.22. The van der Waals surface area contributed by atoms with Gasteiger partial charge in [-0.05, 0) is 55.0 Å². The minimum atomic E-state index is -0.139. The van der Waals surface area contributed by atoms with Gasteiger partial charge in [0.2, 0.25) is 0 Å². The van der Waals surface area contributed by atoms with Gasteiger partial charge in [0.05, 0.1) is 18.7 Å². The van der Waals surface area contributed by atoms with Crippen molar-refractivity contribution in [2.24, 2.45) is 0 Å². The Morgan fingerprint density at radius 1 is 1.32 bits per heavy atom. The van der Waals surface area contributed by atoms with Crippen molar-refractivity contribution >= 4 is 6.03 Å². The molecule has 2 amide bonds. The van der Waals surface area contributed by atoms with Crippen LogP contribution in [0.5, 0.6) is 0 Å². The van der Waals surface area contributed by atoms with Crippen molar-refractivity contribution in [2.45, 2.75) is 38.3 Å². The number of aliphatic hydroxyl groups is 1. The average molecular weight is 339 g/mol. The summed E-state index contributed by atoms with van der Waals surface area (Å²) >= 11 is 0. The first-order valence-corrected chi connectivity index (χ1v) is 8.86. The van der Waals surface area contributed by atoms with Gasteiger partial charge >= 0.3 is 6.03 Å². The van der Waals surface area contributed by atoms with Gasteiger partial charge in [0, 0.05) is 18.9 Å². The summed E-state index contributed by atoms with van der Waals surface area (Å²) in [5.41, 5.74) is 3.52. The zero-order valence-corrected chi connectivity index (χ0v) is 14.6. The summed E-state index contributed by atoms with van der Waals surface area (Å²) in [6.45, 7) is 2.24. The second kappa shape index (κ2) is 8.12. The number of rotatable bonds is 5. The fourth-order valence-corrected chi connectivity index (χ4v) is 3.56. The number of nitrogens with zero attached hydrogens (tertiary/aromatic N) is 2. The van der Waals surface area contributed by atoms with Crippen LogP contribution in [0.2, 0.25) is 0 Å². The third-order valence-electron chi connectivity index (χ3n) is 4.86. The quantitative estimate of drug-likeness (QED) is 0.879. The van der Waals surface area contributed by atoms with E-state index >= 15 is 0 Å². The van der Waals surface area contributed by atoms with Gasteiger partial charge in [-0.2, -0.15) is 0 Å². The molecule has 1 aliphatic rings. The first kappa shape index (κ1) is 17.4. The Labute approximate surface area is 148 Å². The van der Waals surface area contributed by atoms with E-state index in [1.54, 1.807) is 17.3 Å². The molecule has 3 rings (SSSR count). The fourth-order valence-electron chi connectivity index (χ4n) is 3.56. The van der Waals surface area contributed by atoms with Crippen LogP contribution in [-0.4, -0.2) is 34.2 Å². The van der Waals surface area contributed by atoms with Crippen LogP contribution in [0.4, 0.5) is 4.79 Å². The molecule has 2 atom stereocenters. The zero-order chi connectivity index (χ0) is 17.6. The first-order chi connectivity index (χ1) is 12.2. The molecule has 132 valence electrons. The maximum Gasteiger partial charge on any atom is 0.318 e. The Morgan fingerprint density at radius 3 is 2.84 bits per heavy atom. The molecule has 0 saturated carbocycles. The lowest BCUT2D eigenvalue weighted by atomic mass is 9.87. The van der Waals surface area contributed by atoms with Gasteiger partial charge in [-0.25, -0.2) is 4.79 Å². The molecule has 0 saturated heterocycles. The minimum Gasteiger partial charge on any atom is -0.395 e. The number of hydrogen-bond donors (Lipinski definition) is 2. The molecule has 2 N–H and O–H groups in total. The predicted molar refractivity (Wildman–Crippen MR) is 97.1 cm³/mol. The number of benzene rings is 1. The SMILES string of the molecule is C[C@H](NC(=O)N(CCO)[C@H]1CCCc2ccccc21)c1ccncc1. The maximum atomic E-state index is 12.9. The third-order valence-corrected chi connectivity index (χ3v) is 4.86. The summed E-state index contributed by atoms with van der Waals surface area (Å²) in [6.07, 6.45) is 6.47. The normalized spacial score (nSPS) is 17.4. The maximum absolute atomic E-state index is 12.9. The Bertz CT molecular complexity index is 705. The van der Waals surface area contributed by atoms with Crippen LogP contribution in [0.25, 0.3) is 0 Å². The van der Waals surface area contributed by atoms with Gasteiger partial charge < -0.3 is 15.3 Å². The van der Waals surface area contributed by atoms with Gasteiger partial charge in [-0.3, -0.25) is 4.98 Å². The van der Waals surface area contributed by atoms with Crippen LogP contribution in [0.15, 0.2) is 48.8 Å². The second-order valence-corrected chi connectivity index (χ2v) is 6.48. The molecule has 25 heavy (non-hydrogen) atoms. The van der Waals surface area contributed by atoms with Crippen LogP contribution in [0, 0.1) is 0 Å². The molecular weight excluding hydrogens is 314 g/mol. The molecule has 0 unspecified atom stereocenters. The topological polar surface area (TPSA) is 65.5 Å². The lowest BCUT2D eigenvalue weighted by molar-refractivity contribution is 0.142. The first-order valence-electron chi connectivity index (χ1n) is 8.86. The Balaban J connectivity index is 1.78. The highest BCUT2D eigenvalue weighted by atomic mass is 16.3. The van der Waals surface area contributed by atoms with Crippen LogP contribution in [-0.2, 0) is 6.42 Å². The number of carbonyl (C=O) groups excluding carboxylic acids is 1. The van der Waals surface area contributed by atoms with E-state index in [1.165, 1.54) is 11.1 Å². The molecule has 2 aromatic rings. The molecule has 0 spiro atoms. The van der Waals surface area contributed by atoms with Crippen LogP contribution >= 0.6 is 0 Å². The molecular formula is C20H25N3O2. The van der Waals surface area contributed by atoms with Crippen molar-refractivity contribution < 1.29 is 9.90 Å². The number of hydrogen-bond acceptors (Lipinski definition) is 3. The number of urea groups is 1. The minimum absolute atomic E-state index is 0.0155. The second-order valence-electron chi connectivity index (χ2n) is 6.48. The number of aromatic nitrogens is 1. The van der Waals surface area contributed by atoms with E-state index in [0.29, 0.717) is 6.54 Å². The Kier molecular flexibility index (Phi) is 5.66. The van der Waals surface area contributed by atoms with E-state index in [4.69, 9.17) is 0 Å². The lowest BCUT2D eigenvalue weighted by Gasteiger charge is -2.36. The summed E-state index contributed by atoms with van der Waals surface area (Å²) in [6, 6.07) is 11.9. The summed E-state index contributed by atoms with van der Waals surface area (Å²) < 4.78 is 0. The number of aryl methyl sites for hydroxylation is 1. The number of fused-ring (bicyclic) bond motifs is 1. The molecule has 0 bridgehead atoms. The number of pyridine rings is 1. The average Bonchev–Trinajstić information content (AvgIpc) is 2.66. The number of amides is 2. The molecule has 0 radical (unpaired) electrons. The van der Waals surface area contributed by atoms with Crippen molar-refractivity contribution in [1.29, 1.82) is 0 Å². The van der Waals surface area contributed by atoms with Crippen molar-refractivity contribution in [3.63, 3.8) is 0 Å². The summed E-state index contributed by atoms with van der Waals surface area (Å²) in [5.74, 6) is 0. The molecule has 0 fully saturated rings. The van der Waals surface area contributed by atoms with Gasteiger partial charge in [-0.1, -0.05) is 24.3 Å². The Morgan fingerprint density at radius 2 is 2.08 bits per heavy atom. The van der Waals surface area contributed by atoms with E-state index < -0.39 is 0 Å².